The lowest BCUT2D eigenvalue weighted by atomic mass is 10.0. The molecule has 1 atom stereocenters. The van der Waals surface area contributed by atoms with Gasteiger partial charge in [0.05, 0.1) is 11.3 Å². The summed E-state index contributed by atoms with van der Waals surface area (Å²) in [5.41, 5.74) is 0.901. The second kappa shape index (κ2) is 8.74. The van der Waals surface area contributed by atoms with E-state index < -0.39 is 22.9 Å². The predicted octanol–water partition coefficient (Wildman–Crippen LogP) is 5.55. The third kappa shape index (κ3) is 4.53. The Labute approximate surface area is 169 Å². The van der Waals surface area contributed by atoms with Gasteiger partial charge < -0.3 is 5.32 Å². The van der Waals surface area contributed by atoms with Gasteiger partial charge in [-0.25, -0.2) is 13.2 Å². The van der Waals surface area contributed by atoms with Gasteiger partial charge in [0, 0.05) is 23.7 Å². The lowest BCUT2D eigenvalue weighted by Gasteiger charge is -2.16. The van der Waals surface area contributed by atoms with Gasteiger partial charge >= 0.3 is 0 Å². The summed E-state index contributed by atoms with van der Waals surface area (Å²) in [6, 6.07) is 14.3. The molecule has 0 saturated heterocycles. The van der Waals surface area contributed by atoms with Gasteiger partial charge in [-0.2, -0.15) is 5.10 Å². The smallest absolute Gasteiger partial charge is 0.282 e. The highest BCUT2D eigenvalue weighted by molar-refractivity contribution is 8.10. The molecule has 3 aromatic rings. The number of para-hydroxylation sites is 1. The van der Waals surface area contributed by atoms with E-state index in [1.165, 1.54) is 13.2 Å². The first-order valence-corrected chi connectivity index (χ1v) is 9.56. The van der Waals surface area contributed by atoms with E-state index in [1.54, 1.807) is 18.2 Å². The number of nitrogens with zero attached hydrogens (tertiary/aromatic N) is 2. The normalized spacial score (nSPS) is 12.2. The van der Waals surface area contributed by atoms with Crippen molar-refractivity contribution < 1.29 is 18.0 Å². The van der Waals surface area contributed by atoms with Gasteiger partial charge in [0.2, 0.25) is 0 Å². The van der Waals surface area contributed by atoms with Crippen LogP contribution in [-0.4, -0.2) is 20.5 Å². The fourth-order valence-electron chi connectivity index (χ4n) is 2.74. The summed E-state index contributed by atoms with van der Waals surface area (Å²) in [5, 5.41) is 6.31. The number of halogens is 3. The molecule has 1 N–H and O–H groups in total. The molecule has 0 radical (unpaired) electrons. The summed E-state index contributed by atoms with van der Waals surface area (Å²) in [5.74, 6) is -0.747. The number of aryl methyl sites for hydroxylation is 1. The van der Waals surface area contributed by atoms with E-state index in [9.17, 15) is 18.0 Å². The Morgan fingerprint density at radius 3 is 2.50 bits per heavy atom. The lowest BCUT2D eigenvalue weighted by molar-refractivity contribution is 0.101. The number of thioether (sulfide) groups is 1. The van der Waals surface area contributed by atoms with Gasteiger partial charge in [-0.1, -0.05) is 54.2 Å². The molecule has 28 heavy (non-hydrogen) atoms. The molecule has 1 heterocycles. The molecule has 0 saturated carbocycles. The molecule has 0 spiro atoms. The molecule has 3 rings (SSSR count). The summed E-state index contributed by atoms with van der Waals surface area (Å²) in [6.07, 6.45) is -1.67. The average Bonchev–Trinajstić information content (AvgIpc) is 3.05. The van der Waals surface area contributed by atoms with E-state index in [1.807, 2.05) is 30.3 Å². The number of rotatable bonds is 6. The second-order valence-electron chi connectivity index (χ2n) is 5.81. The first-order valence-electron chi connectivity index (χ1n) is 8.17. The van der Waals surface area contributed by atoms with Crippen molar-refractivity contribution in [2.45, 2.75) is 16.2 Å². The summed E-state index contributed by atoms with van der Waals surface area (Å²) in [7, 11) is 1.45. The monoisotopic (exact) mass is 423 g/mol. The Morgan fingerprint density at radius 2 is 1.86 bits per heavy atom. The number of hydrogen-bond acceptors (Lipinski definition) is 4. The lowest BCUT2D eigenvalue weighted by Crippen LogP contribution is -2.15. The van der Waals surface area contributed by atoms with Crippen molar-refractivity contribution in [3.8, 4) is 11.1 Å². The quantitative estimate of drug-likeness (QED) is 0.310. The average molecular weight is 423 g/mol. The number of aromatic nitrogens is 2. The minimum absolute atomic E-state index is 0.237. The number of alkyl halides is 3. The fourth-order valence-corrected chi connectivity index (χ4v) is 3.73. The van der Waals surface area contributed by atoms with E-state index >= 15 is 0 Å². The van der Waals surface area contributed by atoms with E-state index in [4.69, 9.17) is 0 Å². The fraction of sp³-hybridized carbons (Fsp3) is 0.158. The minimum Gasteiger partial charge on any atom is -0.320 e. The van der Waals surface area contributed by atoms with Crippen LogP contribution in [0.3, 0.4) is 0 Å². The zero-order chi connectivity index (χ0) is 20.3. The summed E-state index contributed by atoms with van der Waals surface area (Å²) in [6.45, 7) is 0. The molecule has 9 heteroatoms. The standard InChI is InChI=1S/C19H16F3N3OS2/c1-25-10-13(16(24-25)17(20)21)18(26)23-15-12(11-6-3-2-4-7-11)8-5-9-14(15)28-19(22)27/h2-10,17,19,27H,1H3,(H,23,26). The third-order valence-corrected chi connectivity index (χ3v) is 4.99. The van der Waals surface area contributed by atoms with Gasteiger partial charge in [-0.05, 0) is 11.6 Å². The van der Waals surface area contributed by atoms with Crippen molar-refractivity contribution in [3.63, 3.8) is 0 Å². The Hall–Kier alpha value is -2.39. The molecule has 0 bridgehead atoms. The van der Waals surface area contributed by atoms with Gasteiger partial charge in [0.25, 0.3) is 12.3 Å². The number of anilines is 1. The molecular weight excluding hydrogens is 407 g/mol. The van der Waals surface area contributed by atoms with Crippen LogP contribution >= 0.6 is 24.4 Å². The second-order valence-corrected chi connectivity index (χ2v) is 7.70. The molecule has 2 aromatic carbocycles. The number of amides is 1. The largest absolute Gasteiger partial charge is 0.320 e. The van der Waals surface area contributed by atoms with Crippen LogP contribution in [0.4, 0.5) is 18.9 Å². The molecule has 0 aliphatic rings. The van der Waals surface area contributed by atoms with Crippen molar-refractivity contribution in [1.29, 1.82) is 0 Å². The van der Waals surface area contributed by atoms with Crippen LogP contribution in [0.1, 0.15) is 22.5 Å². The van der Waals surface area contributed by atoms with E-state index in [2.05, 4.69) is 23.0 Å². The molecule has 1 aromatic heterocycles. The molecule has 4 nitrogen and oxygen atoms in total. The van der Waals surface area contributed by atoms with Crippen molar-refractivity contribution >= 4 is 36.0 Å². The Morgan fingerprint density at radius 1 is 1.14 bits per heavy atom. The van der Waals surface area contributed by atoms with Crippen molar-refractivity contribution in [2.24, 2.45) is 7.05 Å². The Balaban J connectivity index is 2.06. The van der Waals surface area contributed by atoms with Crippen molar-refractivity contribution in [1.82, 2.24) is 9.78 Å². The van der Waals surface area contributed by atoms with Gasteiger partial charge in [-0.3, -0.25) is 9.48 Å². The SMILES string of the molecule is Cn1cc(C(=O)Nc2c(SC(F)S)cccc2-c2ccccc2)c(C(F)F)n1. The summed E-state index contributed by atoms with van der Waals surface area (Å²) >= 11 is 4.56. The molecule has 146 valence electrons. The summed E-state index contributed by atoms with van der Waals surface area (Å²) in [4.78, 5) is 11.7. The van der Waals surface area contributed by atoms with Gasteiger partial charge in [-0.15, -0.1) is 12.6 Å². The highest BCUT2D eigenvalue weighted by Gasteiger charge is 2.24. The van der Waals surface area contributed by atoms with Crippen LogP contribution in [0.2, 0.25) is 0 Å². The Kier molecular flexibility index (Phi) is 6.35. The molecule has 0 aliphatic heterocycles. The van der Waals surface area contributed by atoms with Crippen molar-refractivity contribution in [2.75, 3.05) is 5.32 Å². The van der Waals surface area contributed by atoms with Gasteiger partial charge in [0.15, 0.2) is 4.84 Å². The maximum atomic E-state index is 13.5. The Bertz CT molecular complexity index is 978. The van der Waals surface area contributed by atoms with E-state index in [-0.39, 0.29) is 5.56 Å². The zero-order valence-electron chi connectivity index (χ0n) is 14.6. The number of benzene rings is 2. The van der Waals surface area contributed by atoms with E-state index in [0.29, 0.717) is 16.1 Å². The van der Waals surface area contributed by atoms with Crippen LogP contribution < -0.4 is 5.32 Å². The van der Waals surface area contributed by atoms with Crippen LogP contribution in [-0.2, 0) is 7.05 Å². The maximum absolute atomic E-state index is 13.5. The number of carbonyl (C=O) groups excluding carboxylic acids is 1. The number of nitrogens with one attached hydrogen (secondary N) is 1. The first kappa shape index (κ1) is 20.3. The first-order chi connectivity index (χ1) is 13.4. The van der Waals surface area contributed by atoms with E-state index in [0.717, 1.165) is 22.0 Å². The molecule has 1 amide bonds. The predicted molar refractivity (Wildman–Crippen MR) is 108 cm³/mol. The molecule has 0 aliphatic carbocycles. The number of carbonyl (C=O) groups is 1. The molecule has 0 fully saturated rings. The van der Waals surface area contributed by atoms with Crippen LogP contribution in [0, 0.1) is 0 Å². The molecular formula is C19H16F3N3OS2. The third-order valence-electron chi connectivity index (χ3n) is 3.88. The minimum atomic E-state index is -2.90. The maximum Gasteiger partial charge on any atom is 0.282 e. The number of thiol groups is 1. The van der Waals surface area contributed by atoms with Crippen LogP contribution in [0.25, 0.3) is 11.1 Å². The van der Waals surface area contributed by atoms with Gasteiger partial charge in [0.1, 0.15) is 5.69 Å². The highest BCUT2D eigenvalue weighted by atomic mass is 32.2. The molecule has 1 unspecified atom stereocenters. The summed E-state index contributed by atoms with van der Waals surface area (Å²) < 4.78 is 41.1. The van der Waals surface area contributed by atoms with Crippen LogP contribution in [0.5, 0.6) is 0 Å². The van der Waals surface area contributed by atoms with Crippen LogP contribution in [0.15, 0.2) is 59.6 Å². The number of hydrogen-bond donors (Lipinski definition) is 2. The highest BCUT2D eigenvalue weighted by Crippen LogP contribution is 2.39. The van der Waals surface area contributed by atoms with Crippen molar-refractivity contribution in [3.05, 3.63) is 66.0 Å². The topological polar surface area (TPSA) is 46.9 Å². The zero-order valence-corrected chi connectivity index (χ0v) is 16.4.